The molecule has 0 radical (unpaired) electrons. The predicted octanol–water partition coefficient (Wildman–Crippen LogP) is 2.48. The maximum atomic E-state index is 11.4. The van der Waals surface area contributed by atoms with Gasteiger partial charge < -0.3 is 10.5 Å². The van der Waals surface area contributed by atoms with Gasteiger partial charge in [0.1, 0.15) is 6.04 Å². The lowest BCUT2D eigenvalue weighted by Gasteiger charge is -2.16. The molecule has 3 nitrogen and oxygen atoms in total. The summed E-state index contributed by atoms with van der Waals surface area (Å²) in [6.07, 6.45) is 5.39. The Bertz CT molecular complexity index is 171. The van der Waals surface area contributed by atoms with E-state index in [0.29, 0.717) is 6.61 Å². The van der Waals surface area contributed by atoms with E-state index in [2.05, 4.69) is 6.92 Å². The zero-order chi connectivity index (χ0) is 11.7. The molecule has 2 atom stereocenters. The largest absolute Gasteiger partial charge is 0.465 e. The van der Waals surface area contributed by atoms with Crippen LogP contribution in [-0.2, 0) is 9.53 Å². The molecule has 0 unspecified atom stereocenters. The molecule has 0 aliphatic carbocycles. The van der Waals surface area contributed by atoms with Crippen molar-refractivity contribution in [1.82, 2.24) is 0 Å². The van der Waals surface area contributed by atoms with Crippen LogP contribution in [0.25, 0.3) is 0 Å². The highest BCUT2D eigenvalue weighted by Gasteiger charge is 2.20. The standard InChI is InChI=1S/C12H25NO2/c1-4-6-7-8-9-15-12(14)11(13)10(3)5-2/h10-11H,4-9,13H2,1-3H3/t10-,11-/m0/s1. The molecule has 0 amide bonds. The van der Waals surface area contributed by atoms with Gasteiger partial charge in [-0.2, -0.15) is 0 Å². The van der Waals surface area contributed by atoms with Crippen molar-refractivity contribution in [2.24, 2.45) is 11.7 Å². The van der Waals surface area contributed by atoms with Gasteiger partial charge in [0.05, 0.1) is 6.61 Å². The zero-order valence-electron chi connectivity index (χ0n) is 10.3. The topological polar surface area (TPSA) is 52.3 Å². The van der Waals surface area contributed by atoms with Crippen molar-refractivity contribution in [3.8, 4) is 0 Å². The quantitative estimate of drug-likeness (QED) is 0.500. The fourth-order valence-corrected chi connectivity index (χ4v) is 1.28. The Balaban J connectivity index is 3.56. The molecule has 0 aliphatic rings. The van der Waals surface area contributed by atoms with Gasteiger partial charge in [-0.05, 0) is 12.3 Å². The molecule has 0 spiro atoms. The lowest BCUT2D eigenvalue weighted by Crippen LogP contribution is -2.38. The smallest absolute Gasteiger partial charge is 0.323 e. The molecule has 0 fully saturated rings. The third-order valence-electron chi connectivity index (χ3n) is 2.77. The van der Waals surface area contributed by atoms with Crippen LogP contribution < -0.4 is 5.73 Å². The number of hydrogen-bond donors (Lipinski definition) is 1. The average Bonchev–Trinajstić information content (AvgIpc) is 2.26. The van der Waals surface area contributed by atoms with Gasteiger partial charge in [-0.3, -0.25) is 4.79 Å². The molecule has 0 aromatic heterocycles. The van der Waals surface area contributed by atoms with Crippen molar-refractivity contribution in [2.45, 2.75) is 58.9 Å². The summed E-state index contributed by atoms with van der Waals surface area (Å²) in [6.45, 7) is 6.68. The summed E-state index contributed by atoms with van der Waals surface area (Å²) in [7, 11) is 0. The van der Waals surface area contributed by atoms with Crippen LogP contribution in [0.1, 0.15) is 52.9 Å². The molecular weight excluding hydrogens is 190 g/mol. The Hall–Kier alpha value is -0.570. The van der Waals surface area contributed by atoms with Gasteiger partial charge in [0, 0.05) is 0 Å². The zero-order valence-corrected chi connectivity index (χ0v) is 10.3. The van der Waals surface area contributed by atoms with Crippen LogP contribution in [0.4, 0.5) is 0 Å². The fourth-order valence-electron chi connectivity index (χ4n) is 1.28. The second kappa shape index (κ2) is 8.72. The minimum atomic E-state index is -0.457. The summed E-state index contributed by atoms with van der Waals surface area (Å²) in [5, 5.41) is 0. The molecule has 3 heteroatoms. The highest BCUT2D eigenvalue weighted by Crippen LogP contribution is 2.07. The van der Waals surface area contributed by atoms with Gasteiger partial charge in [-0.25, -0.2) is 0 Å². The third kappa shape index (κ3) is 6.50. The molecule has 0 heterocycles. The molecule has 0 aliphatic heterocycles. The molecule has 0 rings (SSSR count). The maximum Gasteiger partial charge on any atom is 0.323 e. The van der Waals surface area contributed by atoms with Gasteiger partial charge >= 0.3 is 5.97 Å². The van der Waals surface area contributed by atoms with Gasteiger partial charge in [0.15, 0.2) is 0 Å². The van der Waals surface area contributed by atoms with E-state index in [1.165, 1.54) is 12.8 Å². The Labute approximate surface area is 93.4 Å². The lowest BCUT2D eigenvalue weighted by molar-refractivity contribution is -0.146. The van der Waals surface area contributed by atoms with E-state index >= 15 is 0 Å². The summed E-state index contributed by atoms with van der Waals surface area (Å²) >= 11 is 0. The number of hydrogen-bond acceptors (Lipinski definition) is 3. The number of rotatable bonds is 8. The second-order valence-electron chi connectivity index (χ2n) is 4.14. The van der Waals surface area contributed by atoms with E-state index in [1.54, 1.807) is 0 Å². The third-order valence-corrected chi connectivity index (χ3v) is 2.77. The van der Waals surface area contributed by atoms with Gasteiger partial charge in [-0.15, -0.1) is 0 Å². The summed E-state index contributed by atoms with van der Waals surface area (Å²) in [6, 6.07) is -0.457. The Morgan fingerprint density at radius 3 is 2.47 bits per heavy atom. The molecule has 2 N–H and O–H groups in total. The first-order valence-electron chi connectivity index (χ1n) is 6.05. The molecule has 90 valence electrons. The second-order valence-corrected chi connectivity index (χ2v) is 4.14. The van der Waals surface area contributed by atoms with Crippen LogP contribution in [0.2, 0.25) is 0 Å². The summed E-state index contributed by atoms with van der Waals surface area (Å²) < 4.78 is 5.11. The van der Waals surface area contributed by atoms with E-state index in [-0.39, 0.29) is 11.9 Å². The number of esters is 1. The SMILES string of the molecule is CCCCCCOC(=O)[C@@H](N)[C@@H](C)CC. The molecule has 0 saturated carbocycles. The van der Waals surface area contributed by atoms with Crippen molar-refractivity contribution >= 4 is 5.97 Å². The first-order chi connectivity index (χ1) is 7.13. The average molecular weight is 215 g/mol. The van der Waals surface area contributed by atoms with Crippen LogP contribution in [0.15, 0.2) is 0 Å². The summed E-state index contributed by atoms with van der Waals surface area (Å²) in [5.41, 5.74) is 5.74. The van der Waals surface area contributed by atoms with E-state index in [4.69, 9.17) is 10.5 Å². The van der Waals surface area contributed by atoms with Crippen molar-refractivity contribution in [1.29, 1.82) is 0 Å². The van der Waals surface area contributed by atoms with E-state index in [0.717, 1.165) is 19.3 Å². The minimum Gasteiger partial charge on any atom is -0.465 e. The Morgan fingerprint density at radius 1 is 1.27 bits per heavy atom. The van der Waals surface area contributed by atoms with Gasteiger partial charge in [0.2, 0.25) is 0 Å². The first-order valence-corrected chi connectivity index (χ1v) is 6.05. The summed E-state index contributed by atoms with van der Waals surface area (Å²) in [5.74, 6) is -0.0472. The van der Waals surface area contributed by atoms with E-state index < -0.39 is 6.04 Å². The number of unbranched alkanes of at least 4 members (excludes halogenated alkanes) is 3. The monoisotopic (exact) mass is 215 g/mol. The van der Waals surface area contributed by atoms with Crippen LogP contribution in [0.5, 0.6) is 0 Å². The van der Waals surface area contributed by atoms with Crippen molar-refractivity contribution in [2.75, 3.05) is 6.61 Å². The molecular formula is C12H25NO2. The lowest BCUT2D eigenvalue weighted by atomic mass is 10.0. The number of nitrogens with two attached hydrogens (primary N) is 1. The molecule has 0 aromatic rings. The van der Waals surface area contributed by atoms with Crippen LogP contribution >= 0.6 is 0 Å². The highest BCUT2D eigenvalue weighted by molar-refractivity contribution is 5.75. The molecule has 0 aromatic carbocycles. The number of ether oxygens (including phenoxy) is 1. The number of carbonyl (C=O) groups excluding carboxylic acids is 1. The Kier molecular flexibility index (Phi) is 8.38. The molecule has 0 bridgehead atoms. The van der Waals surface area contributed by atoms with Crippen molar-refractivity contribution in [3.63, 3.8) is 0 Å². The van der Waals surface area contributed by atoms with Crippen LogP contribution in [0.3, 0.4) is 0 Å². The Morgan fingerprint density at radius 2 is 1.93 bits per heavy atom. The molecule has 15 heavy (non-hydrogen) atoms. The van der Waals surface area contributed by atoms with Crippen LogP contribution in [-0.4, -0.2) is 18.6 Å². The normalized spacial score (nSPS) is 14.7. The van der Waals surface area contributed by atoms with E-state index in [9.17, 15) is 4.79 Å². The van der Waals surface area contributed by atoms with E-state index in [1.807, 2.05) is 13.8 Å². The van der Waals surface area contributed by atoms with Crippen molar-refractivity contribution < 1.29 is 9.53 Å². The minimum absolute atomic E-state index is 0.202. The molecule has 0 saturated heterocycles. The fraction of sp³-hybridized carbons (Fsp3) is 0.917. The first kappa shape index (κ1) is 14.4. The summed E-state index contributed by atoms with van der Waals surface area (Å²) in [4.78, 5) is 11.4. The number of carbonyl (C=O) groups is 1. The predicted molar refractivity (Wildman–Crippen MR) is 62.5 cm³/mol. The van der Waals surface area contributed by atoms with Gasteiger partial charge in [-0.1, -0.05) is 46.5 Å². The van der Waals surface area contributed by atoms with Crippen LogP contribution in [0, 0.1) is 5.92 Å². The van der Waals surface area contributed by atoms with Crippen molar-refractivity contribution in [3.05, 3.63) is 0 Å². The maximum absolute atomic E-state index is 11.4. The van der Waals surface area contributed by atoms with Gasteiger partial charge in [0.25, 0.3) is 0 Å². The highest BCUT2D eigenvalue weighted by atomic mass is 16.5.